The van der Waals surface area contributed by atoms with Gasteiger partial charge in [0.25, 0.3) is 0 Å². The van der Waals surface area contributed by atoms with E-state index < -0.39 is 6.10 Å². The predicted octanol–water partition coefficient (Wildman–Crippen LogP) is 2.27. The van der Waals surface area contributed by atoms with E-state index in [-0.39, 0.29) is 18.5 Å². The van der Waals surface area contributed by atoms with E-state index in [4.69, 9.17) is 4.74 Å². The lowest BCUT2D eigenvalue weighted by molar-refractivity contribution is -0.150. The summed E-state index contributed by atoms with van der Waals surface area (Å²) in [6.45, 7) is 5.85. The zero-order valence-corrected chi connectivity index (χ0v) is 9.45. The molecular weight excluding hydrogens is 180 g/mol. The van der Waals surface area contributed by atoms with Crippen LogP contribution in [0, 0.1) is 0 Å². The van der Waals surface area contributed by atoms with Gasteiger partial charge in [-0.25, -0.2) is 0 Å². The van der Waals surface area contributed by atoms with E-state index in [1.165, 1.54) is 0 Å². The van der Waals surface area contributed by atoms with Crippen molar-refractivity contribution in [1.29, 1.82) is 0 Å². The average Bonchev–Trinajstić information content (AvgIpc) is 2.14. The molecule has 0 spiro atoms. The molecule has 84 valence electrons. The Morgan fingerprint density at radius 3 is 2.57 bits per heavy atom. The lowest BCUT2D eigenvalue weighted by atomic mass is 10.2. The highest BCUT2D eigenvalue weighted by atomic mass is 16.5. The number of hydrogen-bond acceptors (Lipinski definition) is 3. The highest BCUT2D eigenvalue weighted by Crippen LogP contribution is 2.07. The zero-order valence-electron chi connectivity index (χ0n) is 9.45. The van der Waals surface area contributed by atoms with E-state index >= 15 is 0 Å². The maximum atomic E-state index is 11.2. The molecule has 0 saturated carbocycles. The molecule has 0 heterocycles. The van der Waals surface area contributed by atoms with Gasteiger partial charge >= 0.3 is 5.97 Å². The summed E-state index contributed by atoms with van der Waals surface area (Å²) in [7, 11) is 0. The highest BCUT2D eigenvalue weighted by Gasteiger charge is 2.12. The molecular formula is C11H22O3. The van der Waals surface area contributed by atoms with Gasteiger partial charge in [0, 0.05) is 0 Å². The minimum atomic E-state index is -0.555. The zero-order chi connectivity index (χ0) is 11.0. The number of unbranched alkanes of at least 4 members (excludes halogenated alkanes) is 1. The molecule has 1 N–H and O–H groups in total. The normalized spacial score (nSPS) is 14.9. The second-order valence-corrected chi connectivity index (χ2v) is 3.71. The second kappa shape index (κ2) is 7.80. The van der Waals surface area contributed by atoms with Crippen LogP contribution < -0.4 is 0 Å². The van der Waals surface area contributed by atoms with Crippen LogP contribution in [0.3, 0.4) is 0 Å². The molecule has 0 aromatic rings. The quantitative estimate of drug-likeness (QED) is 0.644. The molecule has 0 aromatic heterocycles. The van der Waals surface area contributed by atoms with E-state index in [1.807, 2.05) is 13.8 Å². The number of aliphatic hydroxyl groups is 1. The maximum absolute atomic E-state index is 11.2. The van der Waals surface area contributed by atoms with E-state index in [2.05, 4.69) is 6.92 Å². The smallest absolute Gasteiger partial charge is 0.308 e. The molecule has 0 fully saturated rings. The summed E-state index contributed by atoms with van der Waals surface area (Å²) >= 11 is 0. The SMILES string of the molecule is CCCCC(C)OC(=O)CC(O)CC. The van der Waals surface area contributed by atoms with Crippen molar-refractivity contribution in [2.24, 2.45) is 0 Å². The van der Waals surface area contributed by atoms with Crippen LogP contribution >= 0.6 is 0 Å². The first-order valence-corrected chi connectivity index (χ1v) is 5.47. The predicted molar refractivity (Wildman–Crippen MR) is 56.0 cm³/mol. The van der Waals surface area contributed by atoms with Gasteiger partial charge < -0.3 is 9.84 Å². The number of carbonyl (C=O) groups excluding carboxylic acids is 1. The van der Waals surface area contributed by atoms with Crippen LogP contribution in [0.25, 0.3) is 0 Å². The molecule has 14 heavy (non-hydrogen) atoms. The molecule has 3 heteroatoms. The lowest BCUT2D eigenvalue weighted by Gasteiger charge is -2.14. The van der Waals surface area contributed by atoms with Crippen molar-refractivity contribution in [2.45, 2.75) is 65.1 Å². The molecule has 0 bridgehead atoms. The summed E-state index contributed by atoms with van der Waals surface area (Å²) in [5, 5.41) is 9.22. The molecule has 0 radical (unpaired) electrons. The van der Waals surface area contributed by atoms with Gasteiger partial charge in [0.2, 0.25) is 0 Å². The van der Waals surface area contributed by atoms with Crippen LogP contribution in [0.5, 0.6) is 0 Å². The molecule has 3 nitrogen and oxygen atoms in total. The summed E-state index contributed by atoms with van der Waals surface area (Å²) in [6.07, 6.45) is 3.23. The minimum absolute atomic E-state index is 0.0218. The van der Waals surface area contributed by atoms with Crippen LogP contribution in [-0.4, -0.2) is 23.3 Å². The number of esters is 1. The highest BCUT2D eigenvalue weighted by molar-refractivity contribution is 5.70. The molecule has 0 saturated heterocycles. The monoisotopic (exact) mass is 202 g/mol. The molecule has 2 unspecified atom stereocenters. The van der Waals surface area contributed by atoms with Crippen molar-refractivity contribution in [3.63, 3.8) is 0 Å². The van der Waals surface area contributed by atoms with Gasteiger partial charge in [-0.1, -0.05) is 26.7 Å². The van der Waals surface area contributed by atoms with Crippen molar-refractivity contribution >= 4 is 5.97 Å². The Kier molecular flexibility index (Phi) is 7.48. The Balaban J connectivity index is 3.60. The average molecular weight is 202 g/mol. The first kappa shape index (κ1) is 13.4. The second-order valence-electron chi connectivity index (χ2n) is 3.71. The third-order valence-electron chi connectivity index (χ3n) is 2.17. The number of hydrogen-bond donors (Lipinski definition) is 1. The standard InChI is InChI=1S/C11H22O3/c1-4-6-7-9(3)14-11(13)8-10(12)5-2/h9-10,12H,4-8H2,1-3H3. The minimum Gasteiger partial charge on any atom is -0.463 e. The maximum Gasteiger partial charge on any atom is 0.308 e. The van der Waals surface area contributed by atoms with Crippen molar-refractivity contribution in [3.05, 3.63) is 0 Å². The van der Waals surface area contributed by atoms with E-state index in [9.17, 15) is 9.90 Å². The van der Waals surface area contributed by atoms with E-state index in [0.29, 0.717) is 6.42 Å². The van der Waals surface area contributed by atoms with Crippen LogP contribution in [0.4, 0.5) is 0 Å². The van der Waals surface area contributed by atoms with Crippen molar-refractivity contribution in [3.8, 4) is 0 Å². The molecule has 0 aliphatic carbocycles. The van der Waals surface area contributed by atoms with Crippen molar-refractivity contribution in [2.75, 3.05) is 0 Å². The number of rotatable bonds is 7. The summed E-state index contributed by atoms with van der Waals surface area (Å²) in [5.41, 5.74) is 0. The summed E-state index contributed by atoms with van der Waals surface area (Å²) in [5.74, 6) is -0.289. The Labute approximate surface area is 86.5 Å². The first-order chi connectivity index (χ1) is 6.60. The van der Waals surface area contributed by atoms with Gasteiger partial charge in [0.15, 0.2) is 0 Å². The summed E-state index contributed by atoms with van der Waals surface area (Å²) in [6, 6.07) is 0. The third-order valence-corrected chi connectivity index (χ3v) is 2.17. The van der Waals surface area contributed by atoms with Crippen molar-refractivity contribution in [1.82, 2.24) is 0 Å². The third kappa shape index (κ3) is 6.89. The van der Waals surface area contributed by atoms with E-state index in [0.717, 1.165) is 19.3 Å². The fourth-order valence-electron chi connectivity index (χ4n) is 1.16. The molecule has 0 amide bonds. The Hall–Kier alpha value is -0.570. The van der Waals surface area contributed by atoms with Gasteiger partial charge in [-0.05, 0) is 19.8 Å². The Bertz CT molecular complexity index is 157. The number of aliphatic hydroxyl groups excluding tert-OH is 1. The van der Waals surface area contributed by atoms with Crippen LogP contribution in [-0.2, 0) is 9.53 Å². The molecule has 0 rings (SSSR count). The van der Waals surface area contributed by atoms with Gasteiger partial charge in [-0.3, -0.25) is 4.79 Å². The van der Waals surface area contributed by atoms with Gasteiger partial charge in [-0.15, -0.1) is 0 Å². The topological polar surface area (TPSA) is 46.5 Å². The summed E-state index contributed by atoms with van der Waals surface area (Å²) < 4.78 is 5.13. The molecule has 0 aliphatic heterocycles. The van der Waals surface area contributed by atoms with Crippen LogP contribution in [0.15, 0.2) is 0 Å². The Morgan fingerprint density at radius 2 is 2.07 bits per heavy atom. The number of ether oxygens (including phenoxy) is 1. The fourth-order valence-corrected chi connectivity index (χ4v) is 1.16. The van der Waals surface area contributed by atoms with E-state index in [1.54, 1.807) is 0 Å². The van der Waals surface area contributed by atoms with Gasteiger partial charge in [-0.2, -0.15) is 0 Å². The Morgan fingerprint density at radius 1 is 1.43 bits per heavy atom. The largest absolute Gasteiger partial charge is 0.463 e. The van der Waals surface area contributed by atoms with Gasteiger partial charge in [0.05, 0.1) is 18.6 Å². The molecule has 2 atom stereocenters. The lowest BCUT2D eigenvalue weighted by Crippen LogP contribution is -2.19. The van der Waals surface area contributed by atoms with Crippen LogP contribution in [0.1, 0.15) is 52.9 Å². The number of carbonyl (C=O) groups is 1. The molecule has 0 aliphatic rings. The van der Waals surface area contributed by atoms with Gasteiger partial charge in [0.1, 0.15) is 0 Å². The van der Waals surface area contributed by atoms with Crippen LogP contribution in [0.2, 0.25) is 0 Å². The molecule has 0 aromatic carbocycles. The van der Waals surface area contributed by atoms with Crippen molar-refractivity contribution < 1.29 is 14.6 Å². The summed E-state index contributed by atoms with van der Waals surface area (Å²) in [4.78, 5) is 11.2. The fraction of sp³-hybridized carbons (Fsp3) is 0.909. The first-order valence-electron chi connectivity index (χ1n) is 5.47.